The van der Waals surface area contributed by atoms with Gasteiger partial charge in [0, 0.05) is 30.5 Å². The Kier molecular flexibility index (Phi) is 3.75. The minimum absolute atomic E-state index is 0.144. The van der Waals surface area contributed by atoms with Gasteiger partial charge in [-0.2, -0.15) is 22.5 Å². The number of anilines is 1. The average molecular weight is 315 g/mol. The highest BCUT2D eigenvalue weighted by molar-refractivity contribution is 7.09. The topological polar surface area (TPSA) is 54.8 Å². The fourth-order valence-electron chi connectivity index (χ4n) is 2.36. The quantitative estimate of drug-likeness (QED) is 0.852. The molecule has 21 heavy (non-hydrogen) atoms. The van der Waals surface area contributed by atoms with Crippen molar-refractivity contribution in [3.8, 4) is 0 Å². The Morgan fingerprint density at radius 1 is 1.19 bits per heavy atom. The van der Waals surface area contributed by atoms with Gasteiger partial charge in [0.05, 0.1) is 6.04 Å². The zero-order valence-corrected chi connectivity index (χ0v) is 11.7. The van der Waals surface area contributed by atoms with Gasteiger partial charge in [0.15, 0.2) is 5.82 Å². The van der Waals surface area contributed by atoms with Crippen LogP contribution in [-0.4, -0.2) is 25.9 Å². The molecule has 3 rings (SSSR count). The van der Waals surface area contributed by atoms with Gasteiger partial charge in [0.25, 0.3) is 0 Å². The summed E-state index contributed by atoms with van der Waals surface area (Å²) in [5, 5.41) is 0.277. The molecule has 9 heteroatoms. The van der Waals surface area contributed by atoms with Gasteiger partial charge in [-0.25, -0.2) is 9.97 Å². The second kappa shape index (κ2) is 5.55. The third-order valence-electron chi connectivity index (χ3n) is 3.30. The van der Waals surface area contributed by atoms with E-state index in [9.17, 15) is 13.2 Å². The molecule has 0 aromatic carbocycles. The fraction of sp³-hybridized carbons (Fsp3) is 0.500. The Morgan fingerprint density at radius 2 is 1.95 bits per heavy atom. The summed E-state index contributed by atoms with van der Waals surface area (Å²) in [6, 6.07) is 1.57. The van der Waals surface area contributed by atoms with Crippen LogP contribution in [0, 0.1) is 0 Å². The van der Waals surface area contributed by atoms with Crippen molar-refractivity contribution >= 4 is 16.7 Å². The Balaban J connectivity index is 1.90. The number of hydrogen-bond donors (Lipinski definition) is 0. The van der Waals surface area contributed by atoms with E-state index in [4.69, 9.17) is 0 Å². The van der Waals surface area contributed by atoms with Crippen LogP contribution in [0.25, 0.3) is 0 Å². The van der Waals surface area contributed by atoms with Gasteiger partial charge in [0.2, 0.25) is 11.0 Å². The predicted molar refractivity (Wildman–Crippen MR) is 70.9 cm³/mol. The number of alkyl halides is 3. The van der Waals surface area contributed by atoms with E-state index >= 15 is 0 Å². The molecule has 3 heterocycles. The van der Waals surface area contributed by atoms with Gasteiger partial charge >= 0.3 is 6.18 Å². The van der Waals surface area contributed by atoms with Crippen LogP contribution < -0.4 is 4.90 Å². The second-order valence-electron chi connectivity index (χ2n) is 4.71. The maximum Gasteiger partial charge on any atom is 0.452 e. The highest BCUT2D eigenvalue weighted by Crippen LogP contribution is 2.36. The summed E-state index contributed by atoms with van der Waals surface area (Å²) in [5.41, 5.74) is 0. The highest BCUT2D eigenvalue weighted by Gasteiger charge is 2.38. The largest absolute Gasteiger partial charge is 0.452 e. The van der Waals surface area contributed by atoms with Crippen LogP contribution in [0.3, 0.4) is 0 Å². The van der Waals surface area contributed by atoms with Crippen LogP contribution in [0.4, 0.5) is 18.3 Å². The lowest BCUT2D eigenvalue weighted by Gasteiger charge is -2.34. The number of rotatable bonds is 2. The molecule has 2 aromatic rings. The van der Waals surface area contributed by atoms with Gasteiger partial charge in [0.1, 0.15) is 0 Å². The summed E-state index contributed by atoms with van der Waals surface area (Å²) < 4.78 is 41.3. The molecule has 1 unspecified atom stereocenters. The van der Waals surface area contributed by atoms with Crippen LogP contribution in [0.15, 0.2) is 18.5 Å². The molecule has 0 radical (unpaired) electrons. The molecule has 1 atom stereocenters. The first-order valence-corrected chi connectivity index (χ1v) is 7.27. The number of piperidine rings is 1. The van der Waals surface area contributed by atoms with Gasteiger partial charge in [-0.15, -0.1) is 0 Å². The van der Waals surface area contributed by atoms with Crippen LogP contribution in [-0.2, 0) is 6.18 Å². The third kappa shape index (κ3) is 2.97. The summed E-state index contributed by atoms with van der Waals surface area (Å²) in [6.45, 7) is 0.634. The lowest BCUT2D eigenvalue weighted by atomic mass is 10.0. The van der Waals surface area contributed by atoms with Gasteiger partial charge in [-0.1, -0.05) is 0 Å². The first-order chi connectivity index (χ1) is 10.1. The molecule has 5 nitrogen and oxygen atoms in total. The maximum atomic E-state index is 12.6. The molecular formula is C12H12F3N5S. The van der Waals surface area contributed by atoms with Crippen LogP contribution >= 0.6 is 11.5 Å². The molecule has 1 fully saturated rings. The van der Waals surface area contributed by atoms with Crippen LogP contribution in [0.5, 0.6) is 0 Å². The van der Waals surface area contributed by atoms with E-state index in [1.807, 2.05) is 4.90 Å². The molecule has 1 aliphatic rings. The highest BCUT2D eigenvalue weighted by atomic mass is 32.1. The van der Waals surface area contributed by atoms with E-state index in [0.717, 1.165) is 30.8 Å². The number of hydrogen-bond acceptors (Lipinski definition) is 6. The minimum Gasteiger partial charge on any atom is -0.337 e. The smallest absolute Gasteiger partial charge is 0.337 e. The van der Waals surface area contributed by atoms with E-state index in [2.05, 4.69) is 19.3 Å². The molecule has 0 spiro atoms. The Bertz CT molecular complexity index is 600. The Hall–Kier alpha value is -1.77. The summed E-state index contributed by atoms with van der Waals surface area (Å²) in [6.07, 6.45) is 1.45. The fourth-order valence-corrected chi connectivity index (χ4v) is 3.12. The normalized spacial score (nSPS) is 19.8. The Morgan fingerprint density at radius 3 is 2.62 bits per heavy atom. The molecule has 2 aromatic heterocycles. The van der Waals surface area contributed by atoms with Crippen molar-refractivity contribution in [3.63, 3.8) is 0 Å². The molecule has 0 aliphatic carbocycles. The zero-order valence-electron chi connectivity index (χ0n) is 10.9. The maximum absolute atomic E-state index is 12.6. The van der Waals surface area contributed by atoms with Crippen molar-refractivity contribution in [2.24, 2.45) is 0 Å². The van der Waals surface area contributed by atoms with Crippen molar-refractivity contribution < 1.29 is 13.2 Å². The van der Waals surface area contributed by atoms with Gasteiger partial charge < -0.3 is 4.90 Å². The first-order valence-electron chi connectivity index (χ1n) is 6.50. The average Bonchev–Trinajstić information content (AvgIpc) is 2.98. The van der Waals surface area contributed by atoms with Crippen LogP contribution in [0.1, 0.15) is 37.0 Å². The zero-order chi connectivity index (χ0) is 14.9. The Labute approximate surface area is 123 Å². The lowest BCUT2D eigenvalue weighted by molar-refractivity contribution is -0.144. The van der Waals surface area contributed by atoms with E-state index in [1.165, 1.54) is 0 Å². The summed E-state index contributed by atoms with van der Waals surface area (Å²) in [5.74, 6) is -0.471. The third-order valence-corrected chi connectivity index (χ3v) is 4.05. The van der Waals surface area contributed by atoms with Crippen molar-refractivity contribution in [2.75, 3.05) is 11.4 Å². The summed E-state index contributed by atoms with van der Waals surface area (Å²) >= 11 is 0.771. The summed E-state index contributed by atoms with van der Waals surface area (Å²) in [4.78, 5) is 13.9. The predicted octanol–water partition coefficient (Wildman–Crippen LogP) is 3.08. The standard InChI is InChI=1S/C12H12F3N5S/c13-12(14,15)10-18-11(21-19-10)20-7-2-1-4-8(20)9-16-5-3-6-17-9/h3,5-6,8H,1-2,4,7H2. The van der Waals surface area contributed by atoms with E-state index in [0.29, 0.717) is 12.4 Å². The van der Waals surface area contributed by atoms with Crippen molar-refractivity contribution in [1.82, 2.24) is 19.3 Å². The van der Waals surface area contributed by atoms with Gasteiger partial charge in [-0.3, -0.25) is 0 Å². The van der Waals surface area contributed by atoms with E-state index < -0.39 is 12.0 Å². The van der Waals surface area contributed by atoms with Gasteiger partial charge in [-0.05, 0) is 25.3 Å². The van der Waals surface area contributed by atoms with Crippen molar-refractivity contribution in [1.29, 1.82) is 0 Å². The number of halogens is 3. The van der Waals surface area contributed by atoms with E-state index in [-0.39, 0.29) is 11.2 Å². The lowest BCUT2D eigenvalue weighted by Crippen LogP contribution is -2.34. The SMILES string of the molecule is FC(F)(F)c1nsc(N2CCCCC2c2ncccn2)n1. The number of aromatic nitrogens is 4. The van der Waals surface area contributed by atoms with Crippen LogP contribution in [0.2, 0.25) is 0 Å². The number of nitrogens with zero attached hydrogens (tertiary/aromatic N) is 5. The second-order valence-corrected chi connectivity index (χ2v) is 5.44. The van der Waals surface area contributed by atoms with Crippen molar-refractivity contribution in [3.05, 3.63) is 30.1 Å². The monoisotopic (exact) mass is 315 g/mol. The molecule has 1 aliphatic heterocycles. The molecule has 0 amide bonds. The summed E-state index contributed by atoms with van der Waals surface area (Å²) in [7, 11) is 0. The first kappa shape index (κ1) is 14.2. The molecule has 0 bridgehead atoms. The van der Waals surface area contributed by atoms with E-state index in [1.54, 1.807) is 18.5 Å². The molecule has 112 valence electrons. The minimum atomic E-state index is -4.51. The molecule has 0 saturated carbocycles. The molecule has 1 saturated heterocycles. The molecular weight excluding hydrogens is 303 g/mol. The van der Waals surface area contributed by atoms with Crippen molar-refractivity contribution in [2.45, 2.75) is 31.5 Å². The molecule has 0 N–H and O–H groups in total.